The molecule has 1 aliphatic carbocycles. The first-order valence-electron chi connectivity index (χ1n) is 6.01. The number of nitrogens with zero attached hydrogens (tertiary/aromatic N) is 1. The Balaban J connectivity index is 2.00. The summed E-state index contributed by atoms with van der Waals surface area (Å²) in [4.78, 5) is 4.10. The summed E-state index contributed by atoms with van der Waals surface area (Å²) in [5.74, 6) is 0. The van der Waals surface area contributed by atoms with Crippen molar-refractivity contribution >= 4 is 0 Å². The lowest BCUT2D eigenvalue weighted by Crippen LogP contribution is -2.64. The van der Waals surface area contributed by atoms with E-state index in [9.17, 15) is 0 Å². The zero-order valence-corrected chi connectivity index (χ0v) is 9.48. The van der Waals surface area contributed by atoms with Crippen molar-refractivity contribution in [2.45, 2.75) is 24.7 Å². The zero-order chi connectivity index (χ0) is 11.1. The number of rotatable bonds is 3. The van der Waals surface area contributed by atoms with Crippen LogP contribution in [-0.4, -0.2) is 24.7 Å². The van der Waals surface area contributed by atoms with Gasteiger partial charge in [0.1, 0.15) is 0 Å². The van der Waals surface area contributed by atoms with Gasteiger partial charge in [-0.2, -0.15) is 0 Å². The van der Waals surface area contributed by atoms with Gasteiger partial charge in [0.2, 0.25) is 0 Å². The van der Waals surface area contributed by atoms with E-state index in [0.717, 1.165) is 19.8 Å². The molecule has 86 valence electrons. The Bertz CT molecular complexity index is 363. The topological polar surface area (TPSA) is 48.1 Å². The van der Waals surface area contributed by atoms with Crippen LogP contribution in [0.5, 0.6) is 0 Å². The van der Waals surface area contributed by atoms with E-state index < -0.39 is 0 Å². The van der Waals surface area contributed by atoms with Crippen LogP contribution in [0.15, 0.2) is 24.5 Å². The normalized spacial score (nSPS) is 25.6. The third-order valence-corrected chi connectivity index (χ3v) is 4.65. The quantitative estimate of drug-likeness (QED) is 0.836. The molecule has 0 aromatic carbocycles. The van der Waals surface area contributed by atoms with Gasteiger partial charge in [-0.05, 0) is 42.5 Å². The van der Waals surface area contributed by atoms with Crippen LogP contribution in [0.1, 0.15) is 24.8 Å². The minimum Gasteiger partial charge on any atom is -0.379 e. The van der Waals surface area contributed by atoms with Crippen molar-refractivity contribution in [1.29, 1.82) is 0 Å². The average molecular weight is 218 g/mol. The van der Waals surface area contributed by atoms with Crippen LogP contribution < -0.4 is 5.73 Å². The molecule has 1 aromatic rings. The molecule has 0 radical (unpaired) electrons. The Kier molecular flexibility index (Phi) is 2.26. The van der Waals surface area contributed by atoms with Gasteiger partial charge in [-0.3, -0.25) is 4.98 Å². The molecule has 0 unspecified atom stereocenters. The fourth-order valence-electron chi connectivity index (χ4n) is 3.24. The number of aromatic nitrogens is 1. The number of pyridine rings is 1. The third kappa shape index (κ3) is 1.13. The van der Waals surface area contributed by atoms with Crippen LogP contribution in [0.2, 0.25) is 0 Å². The molecule has 0 bridgehead atoms. The molecule has 1 aromatic heterocycles. The van der Waals surface area contributed by atoms with E-state index in [4.69, 9.17) is 10.5 Å². The first kappa shape index (κ1) is 10.2. The smallest absolute Gasteiger partial charge is 0.0591 e. The van der Waals surface area contributed by atoms with E-state index in [1.165, 1.54) is 24.8 Å². The van der Waals surface area contributed by atoms with Crippen LogP contribution in [0.25, 0.3) is 0 Å². The van der Waals surface area contributed by atoms with Gasteiger partial charge in [0.15, 0.2) is 0 Å². The highest BCUT2D eigenvalue weighted by Gasteiger charge is 2.58. The standard InChI is InChI=1S/C13H18N2O/c14-8-12(4-1-5-12)13(9-16-10-13)11-2-6-15-7-3-11/h2-3,6-7H,1,4-5,8-10,14H2. The summed E-state index contributed by atoms with van der Waals surface area (Å²) in [6.45, 7) is 2.43. The Hall–Kier alpha value is -0.930. The van der Waals surface area contributed by atoms with Gasteiger partial charge in [-0.1, -0.05) is 6.42 Å². The summed E-state index contributed by atoms with van der Waals surface area (Å²) < 4.78 is 5.50. The van der Waals surface area contributed by atoms with Crippen LogP contribution in [0.3, 0.4) is 0 Å². The molecule has 2 aliphatic rings. The maximum atomic E-state index is 6.03. The van der Waals surface area contributed by atoms with Gasteiger partial charge in [0.25, 0.3) is 0 Å². The van der Waals surface area contributed by atoms with E-state index in [0.29, 0.717) is 0 Å². The Labute approximate surface area is 96.0 Å². The zero-order valence-electron chi connectivity index (χ0n) is 9.48. The second-order valence-corrected chi connectivity index (χ2v) is 5.15. The van der Waals surface area contributed by atoms with Crippen LogP contribution in [0, 0.1) is 5.41 Å². The maximum absolute atomic E-state index is 6.03. The minimum absolute atomic E-state index is 0.170. The Morgan fingerprint density at radius 3 is 2.31 bits per heavy atom. The highest BCUT2D eigenvalue weighted by Crippen LogP contribution is 2.57. The molecule has 1 saturated heterocycles. The van der Waals surface area contributed by atoms with E-state index in [2.05, 4.69) is 17.1 Å². The van der Waals surface area contributed by atoms with E-state index in [1.54, 1.807) is 0 Å². The molecule has 3 nitrogen and oxygen atoms in total. The summed E-state index contributed by atoms with van der Waals surface area (Å²) in [6.07, 6.45) is 7.55. The summed E-state index contributed by atoms with van der Waals surface area (Å²) in [5.41, 5.74) is 7.84. The predicted octanol–water partition coefficient (Wildman–Crippen LogP) is 1.48. The molecule has 1 saturated carbocycles. The molecule has 2 heterocycles. The number of hydrogen-bond acceptors (Lipinski definition) is 3. The van der Waals surface area contributed by atoms with Crippen LogP contribution in [-0.2, 0) is 10.2 Å². The largest absolute Gasteiger partial charge is 0.379 e. The van der Waals surface area contributed by atoms with Gasteiger partial charge in [-0.15, -0.1) is 0 Å². The van der Waals surface area contributed by atoms with Crippen molar-refractivity contribution in [3.05, 3.63) is 30.1 Å². The van der Waals surface area contributed by atoms with Crippen molar-refractivity contribution < 1.29 is 4.74 Å². The average Bonchev–Trinajstić information content (AvgIpc) is 2.22. The number of nitrogens with two attached hydrogens (primary N) is 1. The Morgan fingerprint density at radius 1 is 1.25 bits per heavy atom. The second-order valence-electron chi connectivity index (χ2n) is 5.15. The molecule has 0 atom stereocenters. The number of hydrogen-bond donors (Lipinski definition) is 1. The van der Waals surface area contributed by atoms with Gasteiger partial charge < -0.3 is 10.5 Å². The molecule has 0 amide bonds. The predicted molar refractivity (Wildman–Crippen MR) is 62.1 cm³/mol. The lowest BCUT2D eigenvalue weighted by Gasteiger charge is -2.60. The van der Waals surface area contributed by atoms with Gasteiger partial charge in [0.05, 0.1) is 13.2 Å². The van der Waals surface area contributed by atoms with Crippen molar-refractivity contribution in [3.8, 4) is 0 Å². The summed E-state index contributed by atoms with van der Waals surface area (Å²) in [7, 11) is 0. The van der Waals surface area contributed by atoms with Gasteiger partial charge >= 0.3 is 0 Å². The summed E-state index contributed by atoms with van der Waals surface area (Å²) in [5, 5.41) is 0. The Morgan fingerprint density at radius 2 is 1.94 bits per heavy atom. The summed E-state index contributed by atoms with van der Waals surface area (Å²) in [6, 6.07) is 4.25. The minimum atomic E-state index is 0.170. The van der Waals surface area contributed by atoms with E-state index in [1.807, 2.05) is 12.4 Å². The van der Waals surface area contributed by atoms with E-state index in [-0.39, 0.29) is 10.8 Å². The molecular weight excluding hydrogens is 200 g/mol. The van der Waals surface area contributed by atoms with Crippen molar-refractivity contribution in [2.75, 3.05) is 19.8 Å². The van der Waals surface area contributed by atoms with Crippen LogP contribution >= 0.6 is 0 Å². The van der Waals surface area contributed by atoms with Crippen molar-refractivity contribution in [3.63, 3.8) is 0 Å². The highest BCUT2D eigenvalue weighted by molar-refractivity contribution is 5.31. The molecule has 2 fully saturated rings. The fourth-order valence-corrected chi connectivity index (χ4v) is 3.24. The molecule has 2 N–H and O–H groups in total. The lowest BCUT2D eigenvalue weighted by molar-refractivity contribution is -0.154. The molecule has 3 heteroatoms. The first-order valence-corrected chi connectivity index (χ1v) is 6.01. The fraction of sp³-hybridized carbons (Fsp3) is 0.615. The second kappa shape index (κ2) is 3.54. The lowest BCUT2D eigenvalue weighted by atomic mass is 9.50. The maximum Gasteiger partial charge on any atom is 0.0591 e. The summed E-state index contributed by atoms with van der Waals surface area (Å²) >= 11 is 0. The van der Waals surface area contributed by atoms with Crippen LogP contribution in [0.4, 0.5) is 0 Å². The van der Waals surface area contributed by atoms with Crippen molar-refractivity contribution in [1.82, 2.24) is 4.98 Å². The van der Waals surface area contributed by atoms with E-state index >= 15 is 0 Å². The van der Waals surface area contributed by atoms with Gasteiger partial charge in [-0.25, -0.2) is 0 Å². The third-order valence-electron chi connectivity index (χ3n) is 4.65. The van der Waals surface area contributed by atoms with Crippen molar-refractivity contribution in [2.24, 2.45) is 11.1 Å². The molecular formula is C13H18N2O. The van der Waals surface area contributed by atoms with Gasteiger partial charge in [0, 0.05) is 17.8 Å². The molecule has 1 aliphatic heterocycles. The highest BCUT2D eigenvalue weighted by atomic mass is 16.5. The SMILES string of the molecule is NCC1(C2(c3ccncc3)COC2)CCC1. The monoisotopic (exact) mass is 218 g/mol. The molecule has 3 rings (SSSR count). The molecule has 16 heavy (non-hydrogen) atoms. The first-order chi connectivity index (χ1) is 7.83. The number of ether oxygens (including phenoxy) is 1. The molecule has 0 spiro atoms.